The van der Waals surface area contributed by atoms with E-state index in [1.165, 1.54) is 14.2 Å². The molecule has 0 saturated heterocycles. The van der Waals surface area contributed by atoms with Gasteiger partial charge in [0.25, 0.3) is 0 Å². The molecule has 100 valence electrons. The van der Waals surface area contributed by atoms with Gasteiger partial charge in [0.15, 0.2) is 0 Å². The molecule has 0 spiro atoms. The molecule has 0 heterocycles. The van der Waals surface area contributed by atoms with Crippen LogP contribution in [0.1, 0.15) is 24.0 Å². The summed E-state index contributed by atoms with van der Waals surface area (Å²) >= 11 is 0. The predicted molar refractivity (Wildman–Crippen MR) is 64.9 cm³/mol. The van der Waals surface area contributed by atoms with Gasteiger partial charge >= 0.3 is 5.97 Å². The number of ether oxygens (including phenoxy) is 2. The zero-order valence-electron chi connectivity index (χ0n) is 10.5. The van der Waals surface area contributed by atoms with Crippen molar-refractivity contribution in [1.29, 1.82) is 0 Å². The second kappa shape index (κ2) is 6.83. The largest absolute Gasteiger partial charge is 0.496 e. The lowest BCUT2D eigenvalue weighted by molar-refractivity contribution is -0.137. The van der Waals surface area contributed by atoms with E-state index in [0.717, 1.165) is 5.56 Å². The molecule has 0 aliphatic rings. The quantitative estimate of drug-likeness (QED) is 0.814. The Morgan fingerprint density at radius 2 is 1.83 bits per heavy atom. The number of aryl methyl sites for hydroxylation is 1. The highest BCUT2D eigenvalue weighted by atomic mass is 19.1. The molecule has 4 nitrogen and oxygen atoms in total. The summed E-state index contributed by atoms with van der Waals surface area (Å²) in [4.78, 5) is 10.5. The molecule has 0 fully saturated rings. The number of hydrogen-bond acceptors (Lipinski definition) is 3. The van der Waals surface area contributed by atoms with Crippen LogP contribution in [0, 0.1) is 0 Å². The van der Waals surface area contributed by atoms with Gasteiger partial charge in [0.1, 0.15) is 18.2 Å². The number of carbonyl (C=O) groups is 1. The monoisotopic (exact) mass is 256 g/mol. The molecular weight excluding hydrogens is 239 g/mol. The number of carboxylic acids is 1. The van der Waals surface area contributed by atoms with E-state index in [2.05, 4.69) is 0 Å². The van der Waals surface area contributed by atoms with Gasteiger partial charge in [0, 0.05) is 18.1 Å². The van der Waals surface area contributed by atoms with Gasteiger partial charge < -0.3 is 14.6 Å². The van der Waals surface area contributed by atoms with Gasteiger partial charge in [-0.3, -0.25) is 4.79 Å². The second-order valence-corrected chi connectivity index (χ2v) is 3.86. The Kier molecular flexibility index (Phi) is 5.42. The van der Waals surface area contributed by atoms with Crippen molar-refractivity contribution in [2.45, 2.75) is 25.9 Å². The molecule has 0 saturated carbocycles. The zero-order valence-corrected chi connectivity index (χ0v) is 10.5. The van der Waals surface area contributed by atoms with E-state index in [1.54, 1.807) is 12.1 Å². The predicted octanol–water partition coefficient (Wildman–Crippen LogP) is 2.58. The summed E-state index contributed by atoms with van der Waals surface area (Å²) in [5, 5.41) is 8.59. The molecule has 5 heteroatoms. The Balaban J connectivity index is 2.91. The molecule has 0 aromatic heterocycles. The number of aliphatic carboxylic acids is 1. The number of methoxy groups -OCH3 is 2. The summed E-state index contributed by atoms with van der Waals surface area (Å²) in [6.45, 7) is -0.626. The molecule has 0 aliphatic carbocycles. The van der Waals surface area contributed by atoms with Gasteiger partial charge in [-0.1, -0.05) is 0 Å². The first-order valence-electron chi connectivity index (χ1n) is 5.64. The van der Waals surface area contributed by atoms with Crippen LogP contribution in [0.2, 0.25) is 0 Å². The lowest BCUT2D eigenvalue weighted by Gasteiger charge is -2.13. The molecule has 0 amide bonds. The summed E-state index contributed by atoms with van der Waals surface area (Å²) in [6.07, 6.45) is 1.11. The maximum absolute atomic E-state index is 12.8. The Bertz CT molecular complexity index is 418. The second-order valence-electron chi connectivity index (χ2n) is 3.86. The van der Waals surface area contributed by atoms with Crippen molar-refractivity contribution in [2.24, 2.45) is 0 Å². The minimum atomic E-state index is -0.840. The van der Waals surface area contributed by atoms with Gasteiger partial charge in [0.2, 0.25) is 0 Å². The Hall–Kier alpha value is -1.78. The van der Waals surface area contributed by atoms with Crippen LogP contribution in [0.15, 0.2) is 12.1 Å². The van der Waals surface area contributed by atoms with Crippen LogP contribution in [0.25, 0.3) is 0 Å². The molecule has 1 rings (SSSR count). The summed E-state index contributed by atoms with van der Waals surface area (Å²) in [5.74, 6) is 0.193. The third-order valence-electron chi connectivity index (χ3n) is 2.66. The van der Waals surface area contributed by atoms with E-state index in [-0.39, 0.29) is 6.42 Å². The molecule has 0 radical (unpaired) electrons. The molecule has 0 bridgehead atoms. The van der Waals surface area contributed by atoms with Crippen LogP contribution in [0.4, 0.5) is 4.39 Å². The third kappa shape index (κ3) is 3.61. The number of benzene rings is 1. The lowest BCUT2D eigenvalue weighted by Crippen LogP contribution is -2.00. The van der Waals surface area contributed by atoms with E-state index in [4.69, 9.17) is 14.6 Å². The average Bonchev–Trinajstić information content (AvgIpc) is 2.37. The van der Waals surface area contributed by atoms with E-state index in [0.29, 0.717) is 29.9 Å². The maximum atomic E-state index is 12.8. The first-order chi connectivity index (χ1) is 8.62. The molecule has 1 N–H and O–H groups in total. The fourth-order valence-corrected chi connectivity index (χ4v) is 1.77. The Morgan fingerprint density at radius 1 is 1.22 bits per heavy atom. The fourth-order valence-electron chi connectivity index (χ4n) is 1.77. The van der Waals surface area contributed by atoms with Crippen LogP contribution in [-0.4, -0.2) is 25.3 Å². The van der Waals surface area contributed by atoms with E-state index < -0.39 is 12.6 Å². The van der Waals surface area contributed by atoms with Gasteiger partial charge in [-0.05, 0) is 24.5 Å². The molecule has 1 aromatic carbocycles. The number of carboxylic acid groups (broad SMARTS) is 1. The lowest BCUT2D eigenvalue weighted by atomic mass is 10.0. The highest BCUT2D eigenvalue weighted by Crippen LogP contribution is 2.30. The zero-order chi connectivity index (χ0) is 13.5. The molecule has 0 unspecified atom stereocenters. The van der Waals surface area contributed by atoms with Gasteiger partial charge in [-0.25, -0.2) is 4.39 Å². The minimum Gasteiger partial charge on any atom is -0.496 e. The summed E-state index contributed by atoms with van der Waals surface area (Å²) < 4.78 is 23.1. The van der Waals surface area contributed by atoms with Crippen molar-refractivity contribution in [3.63, 3.8) is 0 Å². The van der Waals surface area contributed by atoms with E-state index in [1.807, 2.05) is 0 Å². The van der Waals surface area contributed by atoms with Crippen molar-refractivity contribution in [3.8, 4) is 11.5 Å². The van der Waals surface area contributed by atoms with Crippen LogP contribution < -0.4 is 9.47 Å². The van der Waals surface area contributed by atoms with Crippen molar-refractivity contribution in [3.05, 3.63) is 23.3 Å². The first kappa shape index (κ1) is 14.3. The summed E-state index contributed by atoms with van der Waals surface area (Å²) in [7, 11) is 2.99. The van der Waals surface area contributed by atoms with Crippen LogP contribution in [0.3, 0.4) is 0 Å². The molecule has 0 aliphatic heterocycles. The standard InChI is InChI=1S/C13H17FO4/c1-17-11-7-12(18-2)10(8-14)6-9(11)4-3-5-13(15)16/h6-7H,3-5,8H2,1-2H3,(H,15,16). The fraction of sp³-hybridized carbons (Fsp3) is 0.462. The van der Waals surface area contributed by atoms with E-state index >= 15 is 0 Å². The molecular formula is C13H17FO4. The average molecular weight is 256 g/mol. The van der Waals surface area contributed by atoms with Crippen molar-refractivity contribution in [2.75, 3.05) is 14.2 Å². The highest BCUT2D eigenvalue weighted by molar-refractivity contribution is 5.66. The minimum absolute atomic E-state index is 0.0835. The van der Waals surface area contributed by atoms with Crippen molar-refractivity contribution < 1.29 is 23.8 Å². The van der Waals surface area contributed by atoms with Gasteiger partial charge in [0.05, 0.1) is 14.2 Å². The number of hydrogen-bond donors (Lipinski definition) is 1. The van der Waals surface area contributed by atoms with Crippen LogP contribution >= 0.6 is 0 Å². The van der Waals surface area contributed by atoms with Crippen LogP contribution in [-0.2, 0) is 17.9 Å². The number of halogens is 1. The van der Waals surface area contributed by atoms with Gasteiger partial charge in [-0.15, -0.1) is 0 Å². The molecule has 1 aromatic rings. The third-order valence-corrected chi connectivity index (χ3v) is 2.66. The maximum Gasteiger partial charge on any atom is 0.303 e. The van der Waals surface area contributed by atoms with Crippen molar-refractivity contribution in [1.82, 2.24) is 0 Å². The Morgan fingerprint density at radius 3 is 2.33 bits per heavy atom. The summed E-state index contributed by atoms with van der Waals surface area (Å²) in [6, 6.07) is 3.30. The van der Waals surface area contributed by atoms with Crippen LogP contribution in [0.5, 0.6) is 11.5 Å². The molecule has 18 heavy (non-hydrogen) atoms. The number of rotatable bonds is 7. The van der Waals surface area contributed by atoms with Crippen molar-refractivity contribution >= 4 is 5.97 Å². The smallest absolute Gasteiger partial charge is 0.303 e. The topological polar surface area (TPSA) is 55.8 Å². The highest BCUT2D eigenvalue weighted by Gasteiger charge is 2.11. The normalized spacial score (nSPS) is 10.2. The molecule has 0 atom stereocenters. The SMILES string of the molecule is COc1cc(OC)c(CCCC(=O)O)cc1CF. The number of alkyl halides is 1. The first-order valence-corrected chi connectivity index (χ1v) is 5.64. The summed E-state index contributed by atoms with van der Waals surface area (Å²) in [5.41, 5.74) is 1.25. The van der Waals surface area contributed by atoms with E-state index in [9.17, 15) is 9.18 Å². The van der Waals surface area contributed by atoms with Gasteiger partial charge in [-0.2, -0.15) is 0 Å². The Labute approximate surface area is 105 Å².